The molecule has 0 saturated heterocycles. The fourth-order valence-electron chi connectivity index (χ4n) is 2.41. The van der Waals surface area contributed by atoms with E-state index < -0.39 is 15.7 Å². The van der Waals surface area contributed by atoms with Crippen molar-refractivity contribution in [3.63, 3.8) is 0 Å². The van der Waals surface area contributed by atoms with Crippen molar-refractivity contribution in [1.29, 1.82) is 0 Å². The number of amides is 1. The molecule has 0 radical (unpaired) electrons. The first-order valence-corrected chi connectivity index (χ1v) is 10.2. The highest BCUT2D eigenvalue weighted by Gasteiger charge is 2.17. The van der Waals surface area contributed by atoms with Crippen LogP contribution in [0.2, 0.25) is 5.02 Å². The molecule has 0 atom stereocenters. The van der Waals surface area contributed by atoms with Gasteiger partial charge in [-0.15, -0.1) is 5.10 Å². The number of aromatic nitrogens is 3. The van der Waals surface area contributed by atoms with Gasteiger partial charge in [0.15, 0.2) is 15.5 Å². The van der Waals surface area contributed by atoms with Crippen LogP contribution in [0.5, 0.6) is 0 Å². The maximum atomic E-state index is 12.5. The number of nitrogens with zero attached hydrogens (tertiary/aromatic N) is 3. The average molecular weight is 405 g/mol. The summed E-state index contributed by atoms with van der Waals surface area (Å²) in [6.07, 6.45) is 0. The number of anilines is 1. The first-order chi connectivity index (χ1) is 12.8. The maximum Gasteiger partial charge on any atom is 0.278 e. The number of carbonyl (C=O) groups excluding carboxylic acids is 1. The molecule has 0 aliphatic rings. The summed E-state index contributed by atoms with van der Waals surface area (Å²) in [5.41, 5.74) is 1.73. The molecule has 27 heavy (non-hydrogen) atoms. The summed E-state index contributed by atoms with van der Waals surface area (Å²) in [4.78, 5) is 14.1. The summed E-state index contributed by atoms with van der Waals surface area (Å²) < 4.78 is 23.7. The van der Waals surface area contributed by atoms with Gasteiger partial charge in [0.25, 0.3) is 5.91 Å². The third kappa shape index (κ3) is 4.17. The van der Waals surface area contributed by atoms with Crippen LogP contribution in [0.1, 0.15) is 23.1 Å². The molecule has 9 heteroatoms. The predicted octanol–water partition coefficient (Wildman–Crippen LogP) is 3.28. The number of carbonyl (C=O) groups is 1. The highest BCUT2D eigenvalue weighted by atomic mass is 35.5. The number of sulfone groups is 1. The second kappa shape index (κ2) is 7.50. The number of rotatable bonds is 5. The largest absolute Gasteiger partial charge is 0.321 e. The molecular formula is C18H17ClN4O3S. The van der Waals surface area contributed by atoms with Crippen LogP contribution in [0.3, 0.4) is 0 Å². The van der Waals surface area contributed by atoms with Crippen molar-refractivity contribution in [3.05, 3.63) is 64.9 Å². The van der Waals surface area contributed by atoms with Gasteiger partial charge in [-0.25, -0.2) is 8.42 Å². The summed E-state index contributed by atoms with van der Waals surface area (Å²) in [5.74, 6) is -0.420. The number of halogens is 1. The molecule has 7 nitrogen and oxygen atoms in total. The normalized spacial score (nSPS) is 11.4. The van der Waals surface area contributed by atoms with Crippen molar-refractivity contribution in [1.82, 2.24) is 15.0 Å². The molecule has 1 N–H and O–H groups in total. The van der Waals surface area contributed by atoms with Gasteiger partial charge < -0.3 is 5.32 Å². The van der Waals surface area contributed by atoms with Crippen LogP contribution in [0, 0.1) is 6.92 Å². The third-order valence-corrected chi connectivity index (χ3v) is 5.87. The molecule has 0 fully saturated rings. The summed E-state index contributed by atoms with van der Waals surface area (Å²) in [7, 11) is -3.28. The van der Waals surface area contributed by atoms with E-state index in [9.17, 15) is 13.2 Å². The minimum atomic E-state index is -3.28. The van der Waals surface area contributed by atoms with Gasteiger partial charge in [-0.1, -0.05) is 24.6 Å². The van der Waals surface area contributed by atoms with Crippen molar-refractivity contribution >= 4 is 33.0 Å². The zero-order chi connectivity index (χ0) is 19.6. The van der Waals surface area contributed by atoms with Crippen molar-refractivity contribution in [2.45, 2.75) is 18.7 Å². The molecule has 3 rings (SSSR count). The Morgan fingerprint density at radius 1 is 1.15 bits per heavy atom. The molecule has 1 amide bonds. The van der Waals surface area contributed by atoms with Crippen molar-refractivity contribution in [3.8, 4) is 5.69 Å². The Hall–Kier alpha value is -2.71. The average Bonchev–Trinajstić information content (AvgIpc) is 3.04. The van der Waals surface area contributed by atoms with Crippen LogP contribution >= 0.6 is 11.6 Å². The number of aryl methyl sites for hydroxylation is 1. The Morgan fingerprint density at radius 2 is 1.85 bits per heavy atom. The molecular weight excluding hydrogens is 388 g/mol. The Labute approximate surface area is 161 Å². The van der Waals surface area contributed by atoms with Gasteiger partial charge in [0.1, 0.15) is 0 Å². The van der Waals surface area contributed by atoms with Crippen LogP contribution in [-0.4, -0.2) is 35.1 Å². The SMILES string of the molecule is CCS(=O)(=O)c1ccc(NC(=O)c2nn(-c3cccc(Cl)c3)nc2C)cc1. The zero-order valence-corrected chi connectivity index (χ0v) is 16.3. The molecule has 0 unspecified atom stereocenters. The topological polar surface area (TPSA) is 94.0 Å². The van der Waals surface area contributed by atoms with E-state index in [1.165, 1.54) is 29.1 Å². The molecule has 0 saturated carbocycles. The van der Waals surface area contributed by atoms with Crippen molar-refractivity contribution in [2.75, 3.05) is 11.1 Å². The lowest BCUT2D eigenvalue weighted by molar-refractivity contribution is 0.102. The van der Waals surface area contributed by atoms with E-state index in [0.717, 1.165) is 0 Å². The van der Waals surface area contributed by atoms with Gasteiger partial charge in [0.05, 0.1) is 22.0 Å². The zero-order valence-electron chi connectivity index (χ0n) is 14.7. The summed E-state index contributed by atoms with van der Waals surface area (Å²) in [6.45, 7) is 3.26. The van der Waals surface area contributed by atoms with E-state index in [4.69, 9.17) is 11.6 Å². The van der Waals surface area contributed by atoms with Gasteiger partial charge >= 0.3 is 0 Å². The van der Waals surface area contributed by atoms with E-state index in [2.05, 4.69) is 15.5 Å². The molecule has 0 aliphatic carbocycles. The highest BCUT2D eigenvalue weighted by molar-refractivity contribution is 7.91. The fraction of sp³-hybridized carbons (Fsp3) is 0.167. The lowest BCUT2D eigenvalue weighted by atomic mass is 10.3. The molecule has 0 aliphatic heterocycles. The Bertz CT molecular complexity index is 1090. The van der Waals surface area contributed by atoms with E-state index >= 15 is 0 Å². The van der Waals surface area contributed by atoms with E-state index in [1.807, 2.05) is 0 Å². The van der Waals surface area contributed by atoms with Crippen molar-refractivity contribution < 1.29 is 13.2 Å². The van der Waals surface area contributed by atoms with Crippen LogP contribution in [0.4, 0.5) is 5.69 Å². The van der Waals surface area contributed by atoms with Gasteiger partial charge in [-0.3, -0.25) is 4.79 Å². The number of benzene rings is 2. The molecule has 3 aromatic rings. The fourth-order valence-corrected chi connectivity index (χ4v) is 3.48. The van der Waals surface area contributed by atoms with Crippen molar-refractivity contribution in [2.24, 2.45) is 0 Å². The molecule has 140 valence electrons. The van der Waals surface area contributed by atoms with Crippen LogP contribution in [0.25, 0.3) is 5.69 Å². The van der Waals surface area contributed by atoms with Gasteiger partial charge in [0, 0.05) is 10.7 Å². The Morgan fingerprint density at radius 3 is 2.48 bits per heavy atom. The quantitative estimate of drug-likeness (QED) is 0.704. The van der Waals surface area contributed by atoms with Crippen LogP contribution in [-0.2, 0) is 9.84 Å². The smallest absolute Gasteiger partial charge is 0.278 e. The predicted molar refractivity (Wildman–Crippen MR) is 103 cm³/mol. The number of hydrogen-bond acceptors (Lipinski definition) is 5. The first-order valence-electron chi connectivity index (χ1n) is 8.14. The number of hydrogen-bond donors (Lipinski definition) is 1. The highest BCUT2D eigenvalue weighted by Crippen LogP contribution is 2.17. The van der Waals surface area contributed by atoms with Gasteiger partial charge in [-0.05, 0) is 49.4 Å². The third-order valence-electron chi connectivity index (χ3n) is 3.89. The summed E-state index contributed by atoms with van der Waals surface area (Å²) in [5, 5.41) is 11.7. The van der Waals surface area contributed by atoms with E-state index in [1.54, 1.807) is 38.1 Å². The summed E-state index contributed by atoms with van der Waals surface area (Å²) >= 11 is 5.98. The molecule has 1 heterocycles. The minimum Gasteiger partial charge on any atom is -0.321 e. The minimum absolute atomic E-state index is 0.0184. The monoisotopic (exact) mass is 404 g/mol. The standard InChI is InChI=1S/C18H17ClN4O3S/c1-3-27(25,26)16-9-7-14(8-10-16)20-18(24)17-12(2)21-23(22-17)15-6-4-5-13(19)11-15/h4-11H,3H2,1-2H3,(H,20,24). The van der Waals surface area contributed by atoms with E-state index in [0.29, 0.717) is 22.1 Å². The first kappa shape index (κ1) is 19.1. The Kier molecular flexibility index (Phi) is 5.29. The van der Waals surface area contributed by atoms with Gasteiger partial charge in [-0.2, -0.15) is 9.90 Å². The maximum absolute atomic E-state index is 12.5. The lowest BCUT2D eigenvalue weighted by Gasteiger charge is -2.05. The molecule has 2 aromatic carbocycles. The lowest BCUT2D eigenvalue weighted by Crippen LogP contribution is -2.14. The second-order valence-electron chi connectivity index (χ2n) is 5.79. The number of nitrogens with one attached hydrogen (secondary N) is 1. The van der Waals surface area contributed by atoms with E-state index in [-0.39, 0.29) is 16.3 Å². The molecule has 0 spiro atoms. The van der Waals surface area contributed by atoms with Gasteiger partial charge in [0.2, 0.25) is 0 Å². The second-order valence-corrected chi connectivity index (χ2v) is 8.50. The molecule has 0 bridgehead atoms. The summed E-state index contributed by atoms with van der Waals surface area (Å²) in [6, 6.07) is 13.0. The van der Waals surface area contributed by atoms with Crippen LogP contribution in [0.15, 0.2) is 53.4 Å². The Balaban J connectivity index is 1.81. The molecule has 1 aromatic heterocycles. The van der Waals surface area contributed by atoms with Crippen LogP contribution < -0.4 is 5.32 Å².